The Kier molecular flexibility index (Phi) is 4.62. The molecule has 0 fully saturated rings. The molecule has 0 aliphatic heterocycles. The van der Waals surface area contributed by atoms with Gasteiger partial charge in [0.05, 0.1) is 7.11 Å². The van der Waals surface area contributed by atoms with Gasteiger partial charge in [-0.25, -0.2) is 0 Å². The third kappa shape index (κ3) is 3.16. The molecule has 1 aromatic carbocycles. The highest BCUT2D eigenvalue weighted by atomic mass is 19.4. The van der Waals surface area contributed by atoms with Gasteiger partial charge in [-0.3, -0.25) is 0 Å². The van der Waals surface area contributed by atoms with Gasteiger partial charge in [-0.1, -0.05) is 13.3 Å². The maximum Gasteiger partial charge on any atom is 0.418 e. The van der Waals surface area contributed by atoms with Crippen LogP contribution in [0.25, 0.3) is 0 Å². The van der Waals surface area contributed by atoms with Gasteiger partial charge in [0.25, 0.3) is 0 Å². The average Bonchev–Trinajstić information content (AvgIpc) is 2.26. The minimum atomic E-state index is -4.65. The molecule has 0 aliphatic rings. The maximum absolute atomic E-state index is 12.5. The van der Waals surface area contributed by atoms with Crippen molar-refractivity contribution < 1.29 is 23.0 Å². The van der Waals surface area contributed by atoms with Crippen molar-refractivity contribution in [1.82, 2.24) is 0 Å². The lowest BCUT2D eigenvalue weighted by molar-refractivity contribution is -0.206. The summed E-state index contributed by atoms with van der Waals surface area (Å²) in [6, 6.07) is 2.68. The summed E-state index contributed by atoms with van der Waals surface area (Å²) >= 11 is 0. The lowest BCUT2D eigenvalue weighted by Gasteiger charge is -2.18. The first-order valence-electron chi connectivity index (χ1n) is 5.73. The minimum absolute atomic E-state index is 0.135. The summed E-state index contributed by atoms with van der Waals surface area (Å²) in [5.74, 6) is 0.593. The van der Waals surface area contributed by atoms with Crippen LogP contribution in [0.2, 0.25) is 0 Å². The second kappa shape index (κ2) is 5.61. The van der Waals surface area contributed by atoms with Crippen LogP contribution < -0.4 is 4.74 Å². The van der Waals surface area contributed by atoms with Gasteiger partial charge >= 0.3 is 6.18 Å². The van der Waals surface area contributed by atoms with Crippen molar-refractivity contribution in [1.29, 1.82) is 0 Å². The molecule has 0 spiro atoms. The van der Waals surface area contributed by atoms with E-state index in [1.165, 1.54) is 19.2 Å². The summed E-state index contributed by atoms with van der Waals surface area (Å²) in [5.41, 5.74) is 1.16. The normalized spacial score (nSPS) is 13.5. The van der Waals surface area contributed by atoms with Crippen LogP contribution in [-0.2, 0) is 6.42 Å². The van der Waals surface area contributed by atoms with Gasteiger partial charge in [-0.05, 0) is 42.2 Å². The Bertz CT molecular complexity index is 413. The number of halogens is 3. The summed E-state index contributed by atoms with van der Waals surface area (Å²) in [6.07, 6.45) is -5.69. The molecule has 1 unspecified atom stereocenters. The summed E-state index contributed by atoms with van der Waals surface area (Å²) in [4.78, 5) is 0. The second-order valence-electron chi connectivity index (χ2n) is 4.22. The van der Waals surface area contributed by atoms with Crippen LogP contribution in [0.3, 0.4) is 0 Å². The average molecular weight is 262 g/mol. The van der Waals surface area contributed by atoms with Crippen LogP contribution in [0.15, 0.2) is 12.1 Å². The van der Waals surface area contributed by atoms with Gasteiger partial charge in [0.1, 0.15) is 5.75 Å². The number of hydrogen-bond donors (Lipinski definition) is 1. The summed E-state index contributed by atoms with van der Waals surface area (Å²) in [6.45, 7) is 3.60. The SMILES string of the molecule is CCCc1cc(C(O)C(F)(F)F)cc(C)c1OC. The number of aryl methyl sites for hydroxylation is 2. The molecule has 1 rings (SSSR count). The lowest BCUT2D eigenvalue weighted by Crippen LogP contribution is -2.20. The highest BCUT2D eigenvalue weighted by Gasteiger charge is 2.39. The molecule has 18 heavy (non-hydrogen) atoms. The predicted octanol–water partition coefficient (Wildman–Crippen LogP) is 3.55. The summed E-state index contributed by atoms with van der Waals surface area (Å²) in [7, 11) is 1.49. The van der Waals surface area contributed by atoms with Crippen LogP contribution in [0.4, 0.5) is 13.2 Å². The first-order valence-corrected chi connectivity index (χ1v) is 5.73. The van der Waals surface area contributed by atoms with Crippen molar-refractivity contribution in [3.8, 4) is 5.75 Å². The van der Waals surface area contributed by atoms with Crippen molar-refractivity contribution in [3.05, 3.63) is 28.8 Å². The number of benzene rings is 1. The number of alkyl halides is 3. The van der Waals surface area contributed by atoms with Gasteiger partial charge in [-0.15, -0.1) is 0 Å². The minimum Gasteiger partial charge on any atom is -0.496 e. The van der Waals surface area contributed by atoms with E-state index in [4.69, 9.17) is 4.74 Å². The Morgan fingerprint density at radius 3 is 2.39 bits per heavy atom. The summed E-state index contributed by atoms with van der Waals surface area (Å²) in [5, 5.41) is 9.27. The zero-order chi connectivity index (χ0) is 13.9. The zero-order valence-electron chi connectivity index (χ0n) is 10.6. The molecule has 0 amide bonds. The van der Waals surface area contributed by atoms with Crippen LogP contribution in [0.1, 0.15) is 36.1 Å². The van der Waals surface area contributed by atoms with Gasteiger partial charge in [-0.2, -0.15) is 13.2 Å². The van der Waals surface area contributed by atoms with Crippen molar-refractivity contribution in [2.75, 3.05) is 7.11 Å². The Morgan fingerprint density at radius 1 is 1.33 bits per heavy atom. The first kappa shape index (κ1) is 14.8. The quantitative estimate of drug-likeness (QED) is 0.899. The molecule has 0 heterocycles. The number of methoxy groups -OCH3 is 1. The largest absolute Gasteiger partial charge is 0.496 e. The highest BCUT2D eigenvalue weighted by Crippen LogP contribution is 2.36. The third-order valence-electron chi connectivity index (χ3n) is 2.72. The monoisotopic (exact) mass is 262 g/mol. The molecule has 0 saturated heterocycles. The van der Waals surface area contributed by atoms with Gasteiger partial charge in [0, 0.05) is 0 Å². The first-order chi connectivity index (χ1) is 8.31. The summed E-state index contributed by atoms with van der Waals surface area (Å²) < 4.78 is 42.6. The fourth-order valence-corrected chi connectivity index (χ4v) is 1.97. The Labute approximate surface area is 104 Å². The van der Waals surface area contributed by atoms with E-state index in [1.54, 1.807) is 6.92 Å². The highest BCUT2D eigenvalue weighted by molar-refractivity contribution is 5.45. The molecule has 1 aromatic rings. The molecule has 5 heteroatoms. The van der Waals surface area contributed by atoms with E-state index in [9.17, 15) is 18.3 Å². The Hall–Kier alpha value is -1.23. The third-order valence-corrected chi connectivity index (χ3v) is 2.72. The van der Waals surface area contributed by atoms with Crippen LogP contribution >= 0.6 is 0 Å². The molecule has 0 aliphatic carbocycles. The van der Waals surface area contributed by atoms with Crippen molar-refractivity contribution in [2.24, 2.45) is 0 Å². The van der Waals surface area contributed by atoms with Crippen LogP contribution in [-0.4, -0.2) is 18.4 Å². The predicted molar refractivity (Wildman–Crippen MR) is 62.7 cm³/mol. The fourth-order valence-electron chi connectivity index (χ4n) is 1.97. The van der Waals surface area contributed by atoms with E-state index in [1.807, 2.05) is 6.92 Å². The van der Waals surface area contributed by atoms with Crippen LogP contribution in [0.5, 0.6) is 5.75 Å². The van der Waals surface area contributed by atoms with Crippen molar-refractivity contribution in [2.45, 2.75) is 39.0 Å². The van der Waals surface area contributed by atoms with Crippen molar-refractivity contribution in [3.63, 3.8) is 0 Å². The second-order valence-corrected chi connectivity index (χ2v) is 4.22. The smallest absolute Gasteiger partial charge is 0.418 e. The molecule has 0 saturated carbocycles. The van der Waals surface area contributed by atoms with Gasteiger partial charge in [0.2, 0.25) is 0 Å². The zero-order valence-corrected chi connectivity index (χ0v) is 10.6. The molecule has 2 nitrogen and oxygen atoms in total. The van der Waals surface area contributed by atoms with E-state index in [-0.39, 0.29) is 5.56 Å². The van der Waals surface area contributed by atoms with E-state index in [0.717, 1.165) is 6.42 Å². The number of aliphatic hydroxyl groups is 1. The van der Waals surface area contributed by atoms with E-state index in [0.29, 0.717) is 23.3 Å². The lowest BCUT2D eigenvalue weighted by atomic mass is 9.98. The van der Waals surface area contributed by atoms with E-state index < -0.39 is 12.3 Å². The molecule has 1 N–H and O–H groups in total. The molecule has 102 valence electrons. The molecular formula is C13H17F3O2. The molecular weight excluding hydrogens is 245 g/mol. The molecule has 0 aromatic heterocycles. The van der Waals surface area contributed by atoms with E-state index in [2.05, 4.69) is 0 Å². The number of rotatable bonds is 4. The molecule has 0 bridgehead atoms. The van der Waals surface area contributed by atoms with Crippen molar-refractivity contribution >= 4 is 0 Å². The number of ether oxygens (including phenoxy) is 1. The maximum atomic E-state index is 12.5. The van der Waals surface area contributed by atoms with Gasteiger partial charge < -0.3 is 9.84 Å². The standard InChI is InChI=1S/C13H17F3O2/c1-4-5-9-7-10(12(17)13(14,15)16)6-8(2)11(9)18-3/h6-7,12,17H,4-5H2,1-3H3. The van der Waals surface area contributed by atoms with Gasteiger partial charge in [0.15, 0.2) is 6.10 Å². The fraction of sp³-hybridized carbons (Fsp3) is 0.538. The topological polar surface area (TPSA) is 29.5 Å². The van der Waals surface area contributed by atoms with E-state index >= 15 is 0 Å². The van der Waals surface area contributed by atoms with Crippen LogP contribution in [0, 0.1) is 6.92 Å². The molecule has 0 radical (unpaired) electrons. The Morgan fingerprint density at radius 2 is 1.94 bits per heavy atom. The number of hydrogen-bond acceptors (Lipinski definition) is 2. The number of aliphatic hydroxyl groups excluding tert-OH is 1. The molecule has 1 atom stereocenters. The Balaban J connectivity index is 3.24.